The van der Waals surface area contributed by atoms with Gasteiger partial charge in [-0.2, -0.15) is 28.2 Å². The lowest BCUT2D eigenvalue weighted by Crippen LogP contribution is -2.38. The Hall–Kier alpha value is -2.72. The average molecular weight is 457 g/mol. The van der Waals surface area contributed by atoms with Crippen molar-refractivity contribution in [3.05, 3.63) is 45.5 Å². The molecule has 0 bridgehead atoms. The van der Waals surface area contributed by atoms with Gasteiger partial charge in [-0.15, -0.1) is 0 Å². The predicted octanol–water partition coefficient (Wildman–Crippen LogP) is 1.42. The molecule has 1 saturated heterocycles. The largest absolute Gasteiger partial charge is 0.417 e. The molecule has 0 spiro atoms. The second kappa shape index (κ2) is 9.19. The highest BCUT2D eigenvalue weighted by atomic mass is 35.5. The second-order valence-corrected chi connectivity index (χ2v) is 7.48. The maximum absolute atomic E-state index is 12.7. The van der Waals surface area contributed by atoms with E-state index in [-0.39, 0.29) is 22.8 Å². The summed E-state index contributed by atoms with van der Waals surface area (Å²) in [6.07, 6.45) is -1.63. The van der Waals surface area contributed by atoms with Crippen molar-refractivity contribution in [1.29, 1.82) is 5.26 Å². The van der Waals surface area contributed by atoms with Gasteiger partial charge in [-0.1, -0.05) is 11.6 Å². The summed E-state index contributed by atoms with van der Waals surface area (Å²) in [5.74, 6) is -0.427. The van der Waals surface area contributed by atoms with Gasteiger partial charge in [0.15, 0.2) is 5.82 Å². The molecular weight excluding hydrogens is 437 g/mol. The van der Waals surface area contributed by atoms with E-state index in [1.54, 1.807) is 11.9 Å². The third-order valence-corrected chi connectivity index (χ3v) is 5.37. The molecule has 0 amide bonds. The van der Waals surface area contributed by atoms with Crippen LogP contribution in [0.2, 0.25) is 5.02 Å². The molecule has 2 aromatic heterocycles. The predicted molar refractivity (Wildman–Crippen MR) is 107 cm³/mol. The van der Waals surface area contributed by atoms with Crippen molar-refractivity contribution in [2.45, 2.75) is 31.2 Å². The van der Waals surface area contributed by atoms with Crippen LogP contribution in [0.3, 0.4) is 0 Å². The SMILES string of the molecule is CN(CCCC1NNC(N)C1C#N)c1cnn(-c2ccc(C(F)(F)F)cn2)c(=O)c1Cl. The van der Waals surface area contributed by atoms with E-state index in [2.05, 4.69) is 27.0 Å². The monoisotopic (exact) mass is 456 g/mol. The van der Waals surface area contributed by atoms with Crippen LogP contribution >= 0.6 is 11.6 Å². The zero-order valence-electron chi connectivity index (χ0n) is 16.4. The van der Waals surface area contributed by atoms with E-state index < -0.39 is 23.5 Å². The summed E-state index contributed by atoms with van der Waals surface area (Å²) < 4.78 is 38.9. The number of hydrogen-bond donors (Lipinski definition) is 3. The molecule has 1 aliphatic rings. The molecule has 0 saturated carbocycles. The summed E-state index contributed by atoms with van der Waals surface area (Å²) in [6, 6.07) is 3.95. The van der Waals surface area contributed by atoms with Crippen LogP contribution in [-0.4, -0.2) is 40.6 Å². The van der Waals surface area contributed by atoms with Crippen molar-refractivity contribution in [2.75, 3.05) is 18.5 Å². The van der Waals surface area contributed by atoms with Gasteiger partial charge in [0.2, 0.25) is 0 Å². The summed E-state index contributed by atoms with van der Waals surface area (Å²) >= 11 is 6.21. The smallest absolute Gasteiger partial charge is 0.372 e. The van der Waals surface area contributed by atoms with Crippen molar-refractivity contribution in [3.8, 4) is 11.9 Å². The maximum Gasteiger partial charge on any atom is 0.417 e. The third kappa shape index (κ3) is 4.96. The van der Waals surface area contributed by atoms with E-state index in [1.165, 1.54) is 6.20 Å². The summed E-state index contributed by atoms with van der Waals surface area (Å²) in [7, 11) is 1.73. The van der Waals surface area contributed by atoms with Crippen LogP contribution in [0.25, 0.3) is 5.82 Å². The van der Waals surface area contributed by atoms with Crippen molar-refractivity contribution in [3.63, 3.8) is 0 Å². The third-order valence-electron chi connectivity index (χ3n) is 5.02. The molecule has 166 valence electrons. The first kappa shape index (κ1) is 23.0. The van der Waals surface area contributed by atoms with Crippen molar-refractivity contribution >= 4 is 17.3 Å². The molecule has 0 aromatic carbocycles. The van der Waals surface area contributed by atoms with Gasteiger partial charge >= 0.3 is 6.18 Å². The van der Waals surface area contributed by atoms with E-state index in [9.17, 15) is 23.2 Å². The molecule has 0 radical (unpaired) electrons. The van der Waals surface area contributed by atoms with Gasteiger partial charge < -0.3 is 10.6 Å². The highest BCUT2D eigenvalue weighted by molar-refractivity contribution is 6.33. The molecule has 13 heteroatoms. The molecular formula is C18H20ClF3N8O. The Morgan fingerprint density at radius 3 is 2.71 bits per heavy atom. The summed E-state index contributed by atoms with van der Waals surface area (Å²) in [4.78, 5) is 18.0. The Morgan fingerprint density at radius 2 is 2.10 bits per heavy atom. The summed E-state index contributed by atoms with van der Waals surface area (Å²) in [6.45, 7) is 0.523. The van der Waals surface area contributed by atoms with Crippen molar-refractivity contribution < 1.29 is 13.2 Å². The molecule has 1 fully saturated rings. The van der Waals surface area contributed by atoms with Gasteiger partial charge in [0, 0.05) is 25.8 Å². The van der Waals surface area contributed by atoms with Gasteiger partial charge in [-0.05, 0) is 25.0 Å². The van der Waals surface area contributed by atoms with E-state index in [4.69, 9.17) is 17.3 Å². The summed E-state index contributed by atoms with van der Waals surface area (Å²) in [5, 5.41) is 13.1. The molecule has 4 N–H and O–H groups in total. The van der Waals surface area contributed by atoms with E-state index >= 15 is 0 Å². The molecule has 0 aliphatic carbocycles. The zero-order valence-corrected chi connectivity index (χ0v) is 17.2. The molecule has 3 rings (SSSR count). The number of nitrogens with two attached hydrogens (primary N) is 1. The number of halogens is 4. The van der Waals surface area contributed by atoms with Crippen LogP contribution in [0, 0.1) is 17.2 Å². The fraction of sp³-hybridized carbons (Fsp3) is 0.444. The topological polar surface area (TPSA) is 125 Å². The lowest BCUT2D eigenvalue weighted by molar-refractivity contribution is -0.137. The Bertz CT molecular complexity index is 1020. The first-order chi connectivity index (χ1) is 14.6. The number of pyridine rings is 1. The first-order valence-corrected chi connectivity index (χ1v) is 9.70. The lowest BCUT2D eigenvalue weighted by Gasteiger charge is -2.21. The molecule has 3 unspecified atom stereocenters. The minimum absolute atomic E-state index is 0.0761. The standard InChI is InChI=1S/C18H20ClF3N8O/c1-29(6-2-3-12-11(7-23)16(24)28-27-12)13-9-26-30(17(31)15(13)19)14-5-4-10(8-25-14)18(20,21)22/h4-5,8-9,11-12,16,27-28H,2-3,6,24H2,1H3. The first-order valence-electron chi connectivity index (χ1n) is 9.32. The number of nitrogens with zero attached hydrogens (tertiary/aromatic N) is 5. The van der Waals surface area contributed by atoms with Gasteiger partial charge in [0.25, 0.3) is 5.56 Å². The van der Waals surface area contributed by atoms with Crippen molar-refractivity contribution in [2.24, 2.45) is 11.7 Å². The lowest BCUT2D eigenvalue weighted by atomic mass is 9.97. The number of hydrazine groups is 1. The summed E-state index contributed by atoms with van der Waals surface area (Å²) in [5.41, 5.74) is 10.4. The number of hydrogen-bond acceptors (Lipinski definition) is 8. The molecule has 1 aliphatic heterocycles. The fourth-order valence-corrected chi connectivity index (χ4v) is 3.53. The van der Waals surface area contributed by atoms with E-state index in [1.807, 2.05) is 0 Å². The number of alkyl halides is 3. The van der Waals surface area contributed by atoms with Crippen LogP contribution in [0.5, 0.6) is 0 Å². The normalized spacial score (nSPS) is 21.1. The molecule has 3 heterocycles. The highest BCUT2D eigenvalue weighted by Crippen LogP contribution is 2.28. The molecule has 2 aromatic rings. The van der Waals surface area contributed by atoms with Crippen LogP contribution < -0.4 is 27.0 Å². The van der Waals surface area contributed by atoms with Crippen LogP contribution in [-0.2, 0) is 6.18 Å². The Labute approximate surface area is 180 Å². The van der Waals surface area contributed by atoms with Gasteiger partial charge in [-0.3, -0.25) is 10.2 Å². The number of anilines is 1. The minimum Gasteiger partial charge on any atom is -0.372 e. The maximum atomic E-state index is 12.7. The Morgan fingerprint density at radius 1 is 1.35 bits per heavy atom. The highest BCUT2D eigenvalue weighted by Gasteiger charge is 2.33. The number of aromatic nitrogens is 3. The Balaban J connectivity index is 1.69. The van der Waals surface area contributed by atoms with Crippen LogP contribution in [0.1, 0.15) is 18.4 Å². The second-order valence-electron chi connectivity index (χ2n) is 7.10. The van der Waals surface area contributed by atoms with E-state index in [0.29, 0.717) is 31.3 Å². The fourth-order valence-electron chi connectivity index (χ4n) is 3.26. The van der Waals surface area contributed by atoms with Gasteiger partial charge in [-0.25, -0.2) is 10.4 Å². The average Bonchev–Trinajstić information content (AvgIpc) is 3.08. The van der Waals surface area contributed by atoms with E-state index in [0.717, 1.165) is 16.8 Å². The van der Waals surface area contributed by atoms with Gasteiger partial charge in [0.05, 0.1) is 35.6 Å². The minimum atomic E-state index is -4.53. The van der Waals surface area contributed by atoms with Gasteiger partial charge in [0.1, 0.15) is 5.02 Å². The zero-order chi connectivity index (χ0) is 22.8. The number of nitriles is 1. The van der Waals surface area contributed by atoms with Crippen LogP contribution in [0.15, 0.2) is 29.3 Å². The van der Waals surface area contributed by atoms with Crippen LogP contribution in [0.4, 0.5) is 18.9 Å². The molecule has 3 atom stereocenters. The number of rotatable bonds is 6. The van der Waals surface area contributed by atoms with Crippen molar-refractivity contribution in [1.82, 2.24) is 25.6 Å². The number of nitrogens with one attached hydrogen (secondary N) is 2. The molecule has 31 heavy (non-hydrogen) atoms. The Kier molecular flexibility index (Phi) is 6.80. The molecule has 9 nitrogen and oxygen atoms in total. The quantitative estimate of drug-likeness (QED) is 0.596.